The third-order valence-electron chi connectivity index (χ3n) is 4.86. The van der Waals surface area contributed by atoms with Crippen LogP contribution in [0, 0.1) is 0 Å². The standard InChI is InChI=1S/C21H24F3N3O2/c1-20(2,3)15-8-6-14(7-9-15)18(28)27-12-4-5-16(13-27)29-19-25-11-10-17(26-19)21(22,23)24/h6-11,16H,4-5,12-13H2,1-3H3. The molecule has 2 heterocycles. The molecule has 0 saturated carbocycles. The van der Waals surface area contributed by atoms with Crippen molar-refractivity contribution < 1.29 is 22.7 Å². The molecule has 0 bridgehead atoms. The number of rotatable bonds is 3. The summed E-state index contributed by atoms with van der Waals surface area (Å²) in [6.07, 6.45) is -2.69. The normalized spacial score (nSPS) is 17.9. The second-order valence-corrected chi connectivity index (χ2v) is 8.18. The Morgan fingerprint density at radius 3 is 2.45 bits per heavy atom. The summed E-state index contributed by atoms with van der Waals surface area (Å²) in [5.74, 6) is -0.122. The molecule has 5 nitrogen and oxygen atoms in total. The highest BCUT2D eigenvalue weighted by atomic mass is 19.4. The smallest absolute Gasteiger partial charge is 0.433 e. The number of aromatic nitrogens is 2. The van der Waals surface area contributed by atoms with E-state index in [2.05, 4.69) is 30.7 Å². The van der Waals surface area contributed by atoms with Gasteiger partial charge in [0.15, 0.2) is 5.69 Å². The number of hydrogen-bond acceptors (Lipinski definition) is 4. The van der Waals surface area contributed by atoms with Crippen LogP contribution in [0.4, 0.5) is 13.2 Å². The fourth-order valence-corrected chi connectivity index (χ4v) is 3.22. The topological polar surface area (TPSA) is 55.3 Å². The molecule has 29 heavy (non-hydrogen) atoms. The first-order valence-electron chi connectivity index (χ1n) is 9.51. The average Bonchev–Trinajstić information content (AvgIpc) is 2.67. The molecule has 1 aliphatic rings. The highest BCUT2D eigenvalue weighted by molar-refractivity contribution is 5.94. The van der Waals surface area contributed by atoms with Gasteiger partial charge in [0.1, 0.15) is 6.10 Å². The van der Waals surface area contributed by atoms with Crippen LogP contribution < -0.4 is 4.74 Å². The zero-order valence-electron chi connectivity index (χ0n) is 16.7. The van der Waals surface area contributed by atoms with Gasteiger partial charge in [-0.05, 0) is 42.0 Å². The molecule has 0 N–H and O–H groups in total. The summed E-state index contributed by atoms with van der Waals surface area (Å²) in [6, 6.07) is 7.98. The number of hydrogen-bond donors (Lipinski definition) is 0. The highest BCUT2D eigenvalue weighted by Gasteiger charge is 2.33. The summed E-state index contributed by atoms with van der Waals surface area (Å²) in [7, 11) is 0. The van der Waals surface area contributed by atoms with Crippen molar-refractivity contribution >= 4 is 5.91 Å². The van der Waals surface area contributed by atoms with Crippen LogP contribution in [0.2, 0.25) is 0 Å². The number of nitrogens with zero attached hydrogens (tertiary/aromatic N) is 3. The summed E-state index contributed by atoms with van der Waals surface area (Å²) in [5, 5.41) is 0. The van der Waals surface area contributed by atoms with Crippen molar-refractivity contribution in [2.45, 2.75) is 51.3 Å². The lowest BCUT2D eigenvalue weighted by molar-refractivity contribution is -0.141. The van der Waals surface area contributed by atoms with E-state index in [9.17, 15) is 18.0 Å². The van der Waals surface area contributed by atoms with Crippen LogP contribution in [0.1, 0.15) is 55.2 Å². The van der Waals surface area contributed by atoms with Gasteiger partial charge >= 0.3 is 12.2 Å². The van der Waals surface area contributed by atoms with Gasteiger partial charge in [0, 0.05) is 18.3 Å². The Morgan fingerprint density at radius 2 is 1.83 bits per heavy atom. The predicted molar refractivity (Wildman–Crippen MR) is 102 cm³/mol. The Morgan fingerprint density at radius 1 is 1.14 bits per heavy atom. The van der Waals surface area contributed by atoms with Crippen LogP contribution in [-0.4, -0.2) is 40.0 Å². The second kappa shape index (κ2) is 8.00. The molecule has 1 aliphatic heterocycles. The Bertz CT molecular complexity index is 861. The van der Waals surface area contributed by atoms with Crippen molar-refractivity contribution in [2.75, 3.05) is 13.1 Å². The summed E-state index contributed by atoms with van der Waals surface area (Å²) in [4.78, 5) is 21.7. The van der Waals surface area contributed by atoms with E-state index in [1.165, 1.54) is 0 Å². The number of halogens is 3. The second-order valence-electron chi connectivity index (χ2n) is 8.18. The minimum atomic E-state index is -4.56. The van der Waals surface area contributed by atoms with Gasteiger partial charge in [-0.15, -0.1) is 0 Å². The molecule has 0 aliphatic carbocycles. The van der Waals surface area contributed by atoms with E-state index in [-0.39, 0.29) is 23.9 Å². The number of alkyl halides is 3. The van der Waals surface area contributed by atoms with Crippen LogP contribution in [0.5, 0.6) is 6.01 Å². The molecule has 1 atom stereocenters. The van der Waals surface area contributed by atoms with Gasteiger partial charge in [0.25, 0.3) is 5.91 Å². The first-order chi connectivity index (χ1) is 13.5. The maximum Gasteiger partial charge on any atom is 0.433 e. The van der Waals surface area contributed by atoms with Crippen LogP contribution in [0.3, 0.4) is 0 Å². The quantitative estimate of drug-likeness (QED) is 0.753. The van der Waals surface area contributed by atoms with E-state index >= 15 is 0 Å². The first kappa shape index (κ1) is 21.1. The van der Waals surface area contributed by atoms with Gasteiger partial charge in [-0.3, -0.25) is 4.79 Å². The molecule has 1 fully saturated rings. The Hall–Kier alpha value is -2.64. The van der Waals surface area contributed by atoms with Crippen molar-refractivity contribution in [3.05, 3.63) is 53.3 Å². The van der Waals surface area contributed by atoms with E-state index in [0.717, 1.165) is 17.8 Å². The molecule has 1 aromatic carbocycles. The van der Waals surface area contributed by atoms with Gasteiger partial charge in [0.05, 0.1) is 6.54 Å². The van der Waals surface area contributed by atoms with Crippen LogP contribution in [0.25, 0.3) is 0 Å². The SMILES string of the molecule is CC(C)(C)c1ccc(C(=O)N2CCCC(Oc3nccc(C(F)(F)F)n3)C2)cc1. The minimum Gasteiger partial charge on any atom is -0.458 e. The predicted octanol–water partition coefficient (Wildman–Crippen LogP) is 4.48. The zero-order chi connectivity index (χ0) is 21.2. The monoisotopic (exact) mass is 407 g/mol. The number of carbonyl (C=O) groups excluding carboxylic acids is 1. The van der Waals surface area contributed by atoms with Gasteiger partial charge in [-0.2, -0.15) is 18.2 Å². The largest absolute Gasteiger partial charge is 0.458 e. The number of amides is 1. The molecule has 0 radical (unpaired) electrons. The highest BCUT2D eigenvalue weighted by Crippen LogP contribution is 2.28. The van der Waals surface area contributed by atoms with Gasteiger partial charge in [-0.1, -0.05) is 32.9 Å². The van der Waals surface area contributed by atoms with Gasteiger partial charge in [-0.25, -0.2) is 4.98 Å². The molecule has 3 rings (SSSR count). The van der Waals surface area contributed by atoms with Crippen molar-refractivity contribution in [2.24, 2.45) is 0 Å². The fraction of sp³-hybridized carbons (Fsp3) is 0.476. The molecule has 2 aromatic rings. The average molecular weight is 407 g/mol. The van der Waals surface area contributed by atoms with Crippen molar-refractivity contribution in [1.29, 1.82) is 0 Å². The van der Waals surface area contributed by atoms with E-state index in [0.29, 0.717) is 24.9 Å². The lowest BCUT2D eigenvalue weighted by atomic mass is 9.86. The molecular weight excluding hydrogens is 383 g/mol. The van der Waals surface area contributed by atoms with Crippen molar-refractivity contribution in [1.82, 2.24) is 14.9 Å². The molecule has 1 unspecified atom stereocenters. The van der Waals surface area contributed by atoms with Gasteiger partial charge < -0.3 is 9.64 Å². The number of benzene rings is 1. The lowest BCUT2D eigenvalue weighted by Crippen LogP contribution is -2.44. The van der Waals surface area contributed by atoms with Gasteiger partial charge in [0.2, 0.25) is 0 Å². The van der Waals surface area contributed by atoms with Crippen LogP contribution in [-0.2, 0) is 11.6 Å². The Balaban J connectivity index is 1.67. The maximum atomic E-state index is 12.8. The number of ether oxygens (including phenoxy) is 1. The Labute approximate surface area is 167 Å². The van der Waals surface area contributed by atoms with E-state index in [1.807, 2.05) is 24.3 Å². The first-order valence-corrected chi connectivity index (χ1v) is 9.51. The molecule has 1 amide bonds. The summed E-state index contributed by atoms with van der Waals surface area (Å²) >= 11 is 0. The van der Waals surface area contributed by atoms with E-state index < -0.39 is 18.0 Å². The molecule has 156 valence electrons. The van der Waals surface area contributed by atoms with E-state index in [4.69, 9.17) is 4.74 Å². The maximum absolute atomic E-state index is 12.8. The van der Waals surface area contributed by atoms with Crippen LogP contribution >= 0.6 is 0 Å². The summed E-state index contributed by atoms with van der Waals surface area (Å²) in [5.41, 5.74) is 0.658. The third-order valence-corrected chi connectivity index (χ3v) is 4.86. The molecular formula is C21H24F3N3O2. The minimum absolute atomic E-state index is 0.00338. The number of piperidine rings is 1. The number of carbonyl (C=O) groups is 1. The fourth-order valence-electron chi connectivity index (χ4n) is 3.22. The van der Waals surface area contributed by atoms with E-state index in [1.54, 1.807) is 4.90 Å². The molecule has 1 saturated heterocycles. The molecule has 8 heteroatoms. The Kier molecular flexibility index (Phi) is 5.82. The van der Waals surface area contributed by atoms with Crippen LogP contribution in [0.15, 0.2) is 36.5 Å². The summed E-state index contributed by atoms with van der Waals surface area (Å²) < 4.78 is 44.0. The molecule has 1 aromatic heterocycles. The lowest BCUT2D eigenvalue weighted by Gasteiger charge is -2.32. The van der Waals surface area contributed by atoms with Crippen molar-refractivity contribution in [3.8, 4) is 6.01 Å². The zero-order valence-corrected chi connectivity index (χ0v) is 16.7. The third kappa shape index (κ3) is 5.25. The number of likely N-dealkylation sites (tertiary alicyclic amines) is 1. The summed E-state index contributed by atoms with van der Waals surface area (Å²) in [6.45, 7) is 7.16. The molecule has 0 spiro atoms. The van der Waals surface area contributed by atoms with Crippen molar-refractivity contribution in [3.63, 3.8) is 0 Å².